The first-order chi connectivity index (χ1) is 12.8. The van der Waals surface area contributed by atoms with Crippen LogP contribution >= 0.6 is 0 Å². The summed E-state index contributed by atoms with van der Waals surface area (Å²) in [5.41, 5.74) is 1.87. The lowest BCUT2D eigenvalue weighted by Gasteiger charge is -2.35. The Morgan fingerprint density at radius 2 is 2.15 bits per heavy atom. The number of rotatable bonds is 5. The molecule has 3 heterocycles. The Morgan fingerprint density at radius 3 is 2.85 bits per heavy atom. The van der Waals surface area contributed by atoms with E-state index >= 15 is 0 Å². The number of aliphatic imine (C=N–C) groups is 1. The van der Waals surface area contributed by atoms with Gasteiger partial charge in [-0.2, -0.15) is 0 Å². The zero-order chi connectivity index (χ0) is 19.2. The Balaban J connectivity index is 1.36. The number of fused-ring (bicyclic) bond motifs is 1. The van der Waals surface area contributed by atoms with E-state index in [0.717, 1.165) is 18.7 Å². The zero-order valence-electron chi connectivity index (χ0n) is 15.8. The highest BCUT2D eigenvalue weighted by molar-refractivity contribution is 7.88. The van der Waals surface area contributed by atoms with E-state index in [2.05, 4.69) is 20.5 Å². The number of carbonyl (C=O) groups is 1. The van der Waals surface area contributed by atoms with Crippen LogP contribution in [0.25, 0.3) is 0 Å². The Bertz CT molecular complexity index is 828. The number of sulfonamides is 1. The fraction of sp³-hybridized carbons (Fsp3) is 0.667. The van der Waals surface area contributed by atoms with E-state index in [4.69, 9.17) is 0 Å². The van der Waals surface area contributed by atoms with Gasteiger partial charge in [0.15, 0.2) is 0 Å². The summed E-state index contributed by atoms with van der Waals surface area (Å²) in [7, 11) is -1.16. The molecule has 2 atom stereocenters. The first kappa shape index (κ1) is 18.5. The number of allylic oxidation sites excluding steroid dienone is 1. The minimum Gasteiger partial charge on any atom is -0.362 e. The SMILES string of the molecule is CN1C(C2CC2)=CNC2=NC=C(C(=O)NCC3CCCN(S(C)(=O)=O)C3)C21. The molecule has 2 fully saturated rings. The number of carbonyl (C=O) groups excluding carboxylic acids is 1. The first-order valence-corrected chi connectivity index (χ1v) is 11.4. The maximum absolute atomic E-state index is 12.8. The number of amidine groups is 1. The summed E-state index contributed by atoms with van der Waals surface area (Å²) in [5.74, 6) is 1.39. The van der Waals surface area contributed by atoms with E-state index in [9.17, 15) is 13.2 Å². The Labute approximate surface area is 160 Å². The predicted octanol–water partition coefficient (Wildman–Crippen LogP) is 0.225. The molecule has 4 aliphatic rings. The van der Waals surface area contributed by atoms with E-state index in [1.54, 1.807) is 6.20 Å². The quantitative estimate of drug-likeness (QED) is 0.697. The zero-order valence-corrected chi connectivity index (χ0v) is 16.6. The highest BCUT2D eigenvalue weighted by Gasteiger charge is 2.40. The monoisotopic (exact) mass is 393 g/mol. The normalized spacial score (nSPS) is 28.7. The van der Waals surface area contributed by atoms with Crippen molar-refractivity contribution in [3.8, 4) is 0 Å². The van der Waals surface area contributed by atoms with Crippen molar-refractivity contribution >= 4 is 21.8 Å². The smallest absolute Gasteiger partial charge is 0.251 e. The highest BCUT2D eigenvalue weighted by atomic mass is 32.2. The van der Waals surface area contributed by atoms with Gasteiger partial charge in [-0.3, -0.25) is 4.79 Å². The molecule has 4 rings (SSSR count). The third kappa shape index (κ3) is 3.75. The van der Waals surface area contributed by atoms with Gasteiger partial charge in [0.25, 0.3) is 5.91 Å². The van der Waals surface area contributed by atoms with Crippen molar-refractivity contribution in [2.45, 2.75) is 31.7 Å². The molecule has 0 bridgehead atoms. The van der Waals surface area contributed by atoms with Crippen LogP contribution in [-0.2, 0) is 14.8 Å². The summed E-state index contributed by atoms with van der Waals surface area (Å²) in [6.45, 7) is 1.52. The lowest BCUT2D eigenvalue weighted by atomic mass is 9.99. The van der Waals surface area contributed by atoms with Crippen molar-refractivity contribution in [2.24, 2.45) is 16.8 Å². The van der Waals surface area contributed by atoms with Gasteiger partial charge in [0.2, 0.25) is 10.0 Å². The van der Waals surface area contributed by atoms with Gasteiger partial charge in [-0.25, -0.2) is 17.7 Å². The van der Waals surface area contributed by atoms with Gasteiger partial charge in [-0.05, 0) is 31.6 Å². The highest BCUT2D eigenvalue weighted by Crippen LogP contribution is 2.40. The van der Waals surface area contributed by atoms with Crippen molar-refractivity contribution in [1.29, 1.82) is 0 Å². The molecule has 1 saturated heterocycles. The van der Waals surface area contributed by atoms with Crippen LogP contribution in [0.2, 0.25) is 0 Å². The van der Waals surface area contributed by atoms with Gasteiger partial charge in [0, 0.05) is 50.7 Å². The lowest BCUT2D eigenvalue weighted by Crippen LogP contribution is -2.50. The van der Waals surface area contributed by atoms with Gasteiger partial charge in [0.1, 0.15) is 11.9 Å². The Kier molecular flexibility index (Phi) is 4.75. The van der Waals surface area contributed by atoms with Gasteiger partial charge < -0.3 is 15.5 Å². The summed E-state index contributed by atoms with van der Waals surface area (Å²) in [5, 5.41) is 6.24. The second-order valence-corrected chi connectivity index (χ2v) is 9.92. The van der Waals surface area contributed by atoms with Crippen LogP contribution < -0.4 is 10.6 Å². The van der Waals surface area contributed by atoms with Gasteiger partial charge in [-0.1, -0.05) is 0 Å². The van der Waals surface area contributed by atoms with Crippen molar-refractivity contribution in [2.75, 3.05) is 32.9 Å². The first-order valence-electron chi connectivity index (χ1n) is 9.55. The van der Waals surface area contributed by atoms with Gasteiger partial charge >= 0.3 is 0 Å². The minimum absolute atomic E-state index is 0.124. The van der Waals surface area contributed by atoms with Crippen molar-refractivity contribution in [3.05, 3.63) is 23.7 Å². The Morgan fingerprint density at radius 1 is 1.37 bits per heavy atom. The molecule has 8 nitrogen and oxygen atoms in total. The van der Waals surface area contributed by atoms with Crippen LogP contribution in [0.1, 0.15) is 25.7 Å². The molecule has 2 N–H and O–H groups in total. The van der Waals surface area contributed by atoms with Crippen molar-refractivity contribution in [3.63, 3.8) is 0 Å². The lowest BCUT2D eigenvalue weighted by molar-refractivity contribution is -0.118. The third-order valence-corrected chi connectivity index (χ3v) is 7.09. The molecule has 1 amide bonds. The summed E-state index contributed by atoms with van der Waals surface area (Å²) in [6, 6.07) is -0.163. The molecule has 2 unspecified atom stereocenters. The van der Waals surface area contributed by atoms with Crippen LogP contribution in [0.3, 0.4) is 0 Å². The summed E-state index contributed by atoms with van der Waals surface area (Å²) in [6.07, 6.45) is 9.03. The van der Waals surface area contributed by atoms with Gasteiger partial charge in [0.05, 0.1) is 11.8 Å². The maximum atomic E-state index is 12.8. The number of hydrogen-bond acceptors (Lipinski definition) is 6. The summed E-state index contributed by atoms with van der Waals surface area (Å²) in [4.78, 5) is 19.3. The standard InChI is InChI=1S/C18H27N5O3S/c1-22-15(13-5-6-13)10-20-17-16(22)14(9-19-17)18(24)21-8-12-4-3-7-23(11-12)27(2,25)26/h9-10,12-13,16H,3-8,11H2,1-2H3,(H,19,20)(H,21,24). The van der Waals surface area contributed by atoms with E-state index < -0.39 is 10.0 Å². The van der Waals surface area contributed by atoms with Crippen LogP contribution in [0.15, 0.2) is 28.7 Å². The molecule has 0 spiro atoms. The average molecular weight is 394 g/mol. The van der Waals surface area contributed by atoms with E-state index in [-0.39, 0.29) is 17.9 Å². The number of nitrogens with one attached hydrogen (secondary N) is 2. The number of likely N-dealkylation sites (N-methyl/N-ethyl adjacent to an activating group) is 1. The van der Waals surface area contributed by atoms with Gasteiger partial charge in [-0.15, -0.1) is 0 Å². The molecular weight excluding hydrogens is 366 g/mol. The van der Waals surface area contributed by atoms with Crippen LogP contribution in [0, 0.1) is 11.8 Å². The van der Waals surface area contributed by atoms with E-state index in [0.29, 0.717) is 31.1 Å². The Hall–Kier alpha value is -1.87. The second kappa shape index (κ2) is 6.94. The fourth-order valence-electron chi connectivity index (χ4n) is 4.14. The van der Waals surface area contributed by atoms with Crippen LogP contribution in [-0.4, -0.2) is 68.3 Å². The largest absolute Gasteiger partial charge is 0.362 e. The average Bonchev–Trinajstić information content (AvgIpc) is 3.37. The molecule has 3 aliphatic heterocycles. The molecule has 27 heavy (non-hydrogen) atoms. The number of nitrogens with zero attached hydrogens (tertiary/aromatic N) is 3. The molecule has 9 heteroatoms. The fourth-order valence-corrected chi connectivity index (χ4v) is 5.08. The molecule has 0 radical (unpaired) electrons. The molecule has 1 aliphatic carbocycles. The van der Waals surface area contributed by atoms with Crippen molar-refractivity contribution < 1.29 is 13.2 Å². The minimum atomic E-state index is -3.17. The van der Waals surface area contributed by atoms with Crippen LogP contribution in [0.4, 0.5) is 0 Å². The molecule has 1 saturated carbocycles. The van der Waals surface area contributed by atoms with Crippen LogP contribution in [0.5, 0.6) is 0 Å². The second-order valence-electron chi connectivity index (χ2n) is 7.94. The maximum Gasteiger partial charge on any atom is 0.251 e. The molecule has 0 aromatic rings. The molecular formula is C18H27N5O3S. The van der Waals surface area contributed by atoms with E-state index in [1.165, 1.54) is 29.1 Å². The summed E-state index contributed by atoms with van der Waals surface area (Å²) >= 11 is 0. The predicted molar refractivity (Wildman–Crippen MR) is 103 cm³/mol. The van der Waals surface area contributed by atoms with E-state index in [1.807, 2.05) is 13.2 Å². The summed E-state index contributed by atoms with van der Waals surface area (Å²) < 4.78 is 25.0. The van der Waals surface area contributed by atoms with Crippen molar-refractivity contribution in [1.82, 2.24) is 19.8 Å². The number of piperidine rings is 1. The number of hydrogen-bond donors (Lipinski definition) is 2. The number of amides is 1. The molecule has 148 valence electrons. The third-order valence-electron chi connectivity index (χ3n) is 5.82. The molecule has 0 aromatic carbocycles. The topological polar surface area (TPSA) is 94.1 Å². The molecule has 0 aromatic heterocycles.